The van der Waals surface area contributed by atoms with Crippen LogP contribution >= 0.6 is 0 Å². The van der Waals surface area contributed by atoms with Gasteiger partial charge < -0.3 is 9.72 Å². The Kier molecular flexibility index (Phi) is 6.52. The van der Waals surface area contributed by atoms with Crippen LogP contribution < -0.4 is 5.56 Å². The summed E-state index contributed by atoms with van der Waals surface area (Å²) in [6, 6.07) is 11.6. The van der Waals surface area contributed by atoms with Gasteiger partial charge >= 0.3 is 0 Å². The third-order valence-corrected chi connectivity index (χ3v) is 8.02. The van der Waals surface area contributed by atoms with Crippen LogP contribution in [0.15, 0.2) is 52.2 Å². The second-order valence-electron chi connectivity index (χ2n) is 8.62. The number of hydrogen-bond acceptors (Lipinski definition) is 5. The Morgan fingerprint density at radius 2 is 1.82 bits per heavy atom. The first-order valence-electron chi connectivity index (χ1n) is 11.0. The number of nitrogens with zero attached hydrogens (tertiary/aromatic N) is 1. The molecule has 3 aromatic rings. The smallest absolute Gasteiger partial charge is 0.252 e. The fourth-order valence-electron chi connectivity index (χ4n) is 4.20. The molecule has 7 nitrogen and oxygen atoms in total. The zero-order chi connectivity index (χ0) is 23.8. The highest BCUT2D eigenvalue weighted by Crippen LogP contribution is 2.24. The van der Waals surface area contributed by atoms with Crippen LogP contribution in [0, 0.1) is 13.8 Å². The van der Waals surface area contributed by atoms with Gasteiger partial charge in [0.2, 0.25) is 10.0 Å². The van der Waals surface area contributed by atoms with Crippen LogP contribution in [0.1, 0.15) is 46.8 Å². The lowest BCUT2D eigenvalue weighted by Gasteiger charge is -2.25. The zero-order valence-corrected chi connectivity index (χ0v) is 19.9. The number of carbonyl (C=O) groups excluding carboxylic acids is 1. The van der Waals surface area contributed by atoms with Gasteiger partial charge in [0.05, 0.1) is 16.5 Å². The van der Waals surface area contributed by atoms with Crippen molar-refractivity contribution in [1.82, 2.24) is 9.29 Å². The third-order valence-electron chi connectivity index (χ3n) is 6.20. The van der Waals surface area contributed by atoms with Gasteiger partial charge in [0.15, 0.2) is 5.78 Å². The molecule has 0 amide bonds. The Morgan fingerprint density at radius 1 is 1.12 bits per heavy atom. The van der Waals surface area contributed by atoms with Crippen molar-refractivity contribution in [3.8, 4) is 0 Å². The largest absolute Gasteiger partial charge is 0.377 e. The van der Waals surface area contributed by atoms with Crippen molar-refractivity contribution < 1.29 is 17.9 Å². The highest BCUT2D eigenvalue weighted by atomic mass is 32.2. The molecule has 1 aliphatic heterocycles. The van der Waals surface area contributed by atoms with Crippen molar-refractivity contribution in [2.45, 2.75) is 51.2 Å². The highest BCUT2D eigenvalue weighted by Gasteiger charge is 2.30. The van der Waals surface area contributed by atoms with Gasteiger partial charge in [0, 0.05) is 36.2 Å². The molecular formula is C25H28N2O5S. The number of ether oxygens (including phenoxy) is 1. The fraction of sp³-hybridized carbons (Fsp3) is 0.360. The van der Waals surface area contributed by atoms with Crippen molar-refractivity contribution in [3.05, 3.63) is 75.1 Å². The number of carbonyl (C=O) groups is 1. The van der Waals surface area contributed by atoms with E-state index in [0.29, 0.717) is 17.7 Å². The second-order valence-corrected chi connectivity index (χ2v) is 10.6. The van der Waals surface area contributed by atoms with E-state index in [0.717, 1.165) is 34.9 Å². The number of H-pyrrole nitrogens is 1. The lowest BCUT2D eigenvalue weighted by Crippen LogP contribution is -2.38. The number of benzene rings is 2. The van der Waals surface area contributed by atoms with Crippen LogP contribution in [0.5, 0.6) is 0 Å². The molecule has 174 valence electrons. The number of sulfonamides is 1. The van der Waals surface area contributed by atoms with Gasteiger partial charge in [0.1, 0.15) is 0 Å². The molecule has 0 unspecified atom stereocenters. The second kappa shape index (κ2) is 9.21. The Hall–Kier alpha value is -2.81. The van der Waals surface area contributed by atoms with Crippen LogP contribution in [-0.4, -0.2) is 42.7 Å². The van der Waals surface area contributed by atoms with Gasteiger partial charge in [0.25, 0.3) is 5.56 Å². The van der Waals surface area contributed by atoms with Gasteiger partial charge in [-0.25, -0.2) is 8.42 Å². The monoisotopic (exact) mass is 468 g/mol. The van der Waals surface area contributed by atoms with E-state index < -0.39 is 10.0 Å². The minimum Gasteiger partial charge on any atom is -0.377 e. The molecule has 4 rings (SSSR count). The molecule has 33 heavy (non-hydrogen) atoms. The number of ketones is 1. The van der Waals surface area contributed by atoms with Gasteiger partial charge in [-0.3, -0.25) is 9.59 Å². The number of aryl methyl sites for hydroxylation is 2. The number of fused-ring (bicyclic) bond motifs is 1. The normalized spacial score (nSPS) is 16.5. The summed E-state index contributed by atoms with van der Waals surface area (Å²) < 4.78 is 34.2. The van der Waals surface area contributed by atoms with E-state index in [1.165, 1.54) is 35.5 Å². The van der Waals surface area contributed by atoms with E-state index in [4.69, 9.17) is 4.74 Å². The summed E-state index contributed by atoms with van der Waals surface area (Å²) in [5, 5.41) is 0.893. The van der Waals surface area contributed by atoms with E-state index in [9.17, 15) is 18.0 Å². The molecule has 2 heterocycles. The summed E-state index contributed by atoms with van der Waals surface area (Å²) in [4.78, 5) is 27.5. The summed E-state index contributed by atoms with van der Waals surface area (Å²) in [7, 11) is -3.93. The third kappa shape index (κ3) is 4.78. The maximum absolute atomic E-state index is 13.6. The molecular weight excluding hydrogens is 440 g/mol. The molecule has 1 atom stereocenters. The van der Waals surface area contributed by atoms with Crippen LogP contribution in [-0.2, 0) is 21.3 Å². The van der Waals surface area contributed by atoms with Crippen molar-refractivity contribution in [2.24, 2.45) is 0 Å². The van der Waals surface area contributed by atoms with Crippen molar-refractivity contribution >= 4 is 26.7 Å². The van der Waals surface area contributed by atoms with E-state index in [1.54, 1.807) is 6.07 Å². The standard InChI is InChI=1S/C25H28N2O5S/c1-16-6-7-17(2)24-23(16)13-20(25(29)26-24)14-27(15-21-5-4-12-32-21)33(30,31)22-10-8-19(9-11-22)18(3)28/h6-11,13,21H,4-5,12,14-15H2,1-3H3,(H,26,29)/t21-/m0/s1. The Labute approximate surface area is 193 Å². The number of hydrogen-bond donors (Lipinski definition) is 1. The van der Waals surface area contributed by atoms with Crippen LogP contribution in [0.3, 0.4) is 0 Å². The van der Waals surface area contributed by atoms with Crippen molar-refractivity contribution in [2.75, 3.05) is 13.2 Å². The number of aromatic amines is 1. The zero-order valence-electron chi connectivity index (χ0n) is 19.1. The van der Waals surface area contributed by atoms with Gasteiger partial charge in [-0.1, -0.05) is 24.3 Å². The first kappa shape index (κ1) is 23.4. The molecule has 8 heteroatoms. The van der Waals surface area contributed by atoms with Crippen molar-refractivity contribution in [3.63, 3.8) is 0 Å². The van der Waals surface area contributed by atoms with E-state index >= 15 is 0 Å². The highest BCUT2D eigenvalue weighted by molar-refractivity contribution is 7.89. The fourth-order valence-corrected chi connectivity index (χ4v) is 5.65. The molecule has 1 aliphatic rings. The van der Waals surface area contributed by atoms with E-state index in [-0.39, 0.29) is 35.4 Å². The number of nitrogens with one attached hydrogen (secondary N) is 1. The molecule has 1 saturated heterocycles. The Morgan fingerprint density at radius 3 is 2.45 bits per heavy atom. The van der Waals surface area contributed by atoms with Gasteiger partial charge in [-0.05, 0) is 62.9 Å². The minimum atomic E-state index is -3.93. The number of aromatic nitrogens is 1. The lowest BCUT2D eigenvalue weighted by atomic mass is 10.0. The first-order chi connectivity index (χ1) is 15.7. The van der Waals surface area contributed by atoms with Crippen molar-refractivity contribution in [1.29, 1.82) is 0 Å². The molecule has 0 spiro atoms. The van der Waals surface area contributed by atoms with Crippen LogP contribution in [0.25, 0.3) is 10.9 Å². The molecule has 0 saturated carbocycles. The summed E-state index contributed by atoms with van der Waals surface area (Å²) in [5.74, 6) is -0.136. The Balaban J connectivity index is 1.74. The summed E-state index contributed by atoms with van der Waals surface area (Å²) >= 11 is 0. The first-order valence-corrected chi connectivity index (χ1v) is 12.5. The number of pyridine rings is 1. The average Bonchev–Trinajstić information content (AvgIpc) is 3.30. The predicted octanol–water partition coefficient (Wildman–Crippen LogP) is 3.72. The molecule has 0 aliphatic carbocycles. The van der Waals surface area contributed by atoms with E-state index in [2.05, 4.69) is 4.98 Å². The molecule has 1 aromatic heterocycles. The maximum atomic E-state index is 13.6. The SMILES string of the molecule is CC(=O)c1ccc(S(=O)(=O)N(Cc2cc3c(C)ccc(C)c3[nH]c2=O)C[C@@H]2CCCO2)cc1. The number of rotatable bonds is 7. The molecule has 1 N–H and O–H groups in total. The maximum Gasteiger partial charge on any atom is 0.252 e. The summed E-state index contributed by atoms with van der Waals surface area (Å²) in [6.07, 6.45) is 1.42. The number of Topliss-reactive ketones (excluding diaryl/α,β-unsaturated/α-hetero) is 1. The van der Waals surface area contributed by atoms with Gasteiger partial charge in [-0.2, -0.15) is 4.31 Å². The van der Waals surface area contributed by atoms with Crippen LogP contribution in [0.2, 0.25) is 0 Å². The predicted molar refractivity (Wildman–Crippen MR) is 127 cm³/mol. The average molecular weight is 469 g/mol. The quantitative estimate of drug-likeness (QED) is 0.533. The Bertz CT molecular complexity index is 1350. The van der Waals surface area contributed by atoms with Crippen LogP contribution in [0.4, 0.5) is 0 Å². The van der Waals surface area contributed by atoms with Gasteiger partial charge in [-0.15, -0.1) is 0 Å². The minimum absolute atomic E-state index is 0.0741. The topological polar surface area (TPSA) is 96.5 Å². The summed E-state index contributed by atoms with van der Waals surface area (Å²) in [6.45, 7) is 6.00. The van der Waals surface area contributed by atoms with E-state index in [1.807, 2.05) is 26.0 Å². The lowest BCUT2D eigenvalue weighted by molar-refractivity contribution is 0.0925. The molecule has 0 radical (unpaired) electrons. The molecule has 2 aromatic carbocycles. The molecule has 0 bridgehead atoms. The summed E-state index contributed by atoms with van der Waals surface area (Å²) in [5.41, 5.74) is 3.22. The molecule has 1 fully saturated rings.